The molecule has 3 aromatic carbocycles. The van der Waals surface area contributed by atoms with E-state index >= 15 is 4.39 Å². The number of nitrogens with zero attached hydrogens (tertiary/aromatic N) is 3. The van der Waals surface area contributed by atoms with Gasteiger partial charge in [-0.05, 0) is 54.5 Å². The molecular formula is C34H34F4N4O3S. The molecule has 3 heterocycles. The zero-order chi connectivity index (χ0) is 32.6. The second-order valence-electron chi connectivity index (χ2n) is 11.8. The van der Waals surface area contributed by atoms with E-state index in [0.717, 1.165) is 37.8 Å². The van der Waals surface area contributed by atoms with E-state index < -0.39 is 52.6 Å². The molecule has 0 aliphatic carbocycles. The fraction of sp³-hybridized carbons (Fsp3) is 0.353. The molecule has 6 rings (SSSR count). The third kappa shape index (κ3) is 6.18. The summed E-state index contributed by atoms with van der Waals surface area (Å²) in [6, 6.07) is 19.1. The summed E-state index contributed by atoms with van der Waals surface area (Å²) in [7, 11) is 0. The predicted octanol–water partition coefficient (Wildman–Crippen LogP) is 5.66. The second-order valence-corrected chi connectivity index (χ2v) is 12.7. The summed E-state index contributed by atoms with van der Waals surface area (Å²) in [5, 5.41) is 0. The Kier molecular flexibility index (Phi) is 8.99. The minimum atomic E-state index is -4.85. The molecule has 1 fully saturated rings. The third-order valence-corrected chi connectivity index (χ3v) is 9.75. The number of nitrogens with two attached hydrogens (primary N) is 1. The van der Waals surface area contributed by atoms with Crippen LogP contribution in [-0.2, 0) is 42.8 Å². The maximum Gasteiger partial charge on any atom is 0.416 e. The molecule has 0 amide bonds. The average molecular weight is 655 g/mol. The summed E-state index contributed by atoms with van der Waals surface area (Å²) in [4.78, 5) is 31.6. The van der Waals surface area contributed by atoms with Crippen molar-refractivity contribution in [1.82, 2.24) is 14.0 Å². The summed E-state index contributed by atoms with van der Waals surface area (Å²) < 4.78 is 65.3. The van der Waals surface area contributed by atoms with E-state index in [1.165, 1.54) is 0 Å². The van der Waals surface area contributed by atoms with E-state index in [1.807, 2.05) is 18.4 Å². The number of benzene rings is 3. The molecule has 46 heavy (non-hydrogen) atoms. The first-order valence-electron chi connectivity index (χ1n) is 15.0. The van der Waals surface area contributed by atoms with Crippen LogP contribution in [0.4, 0.5) is 17.6 Å². The van der Waals surface area contributed by atoms with Crippen molar-refractivity contribution in [2.75, 3.05) is 19.3 Å². The summed E-state index contributed by atoms with van der Waals surface area (Å²) in [5.41, 5.74) is 4.35. The second kappa shape index (κ2) is 12.8. The van der Waals surface area contributed by atoms with Gasteiger partial charge >= 0.3 is 11.9 Å². The van der Waals surface area contributed by atoms with Crippen molar-refractivity contribution >= 4 is 11.8 Å². The highest BCUT2D eigenvalue weighted by atomic mass is 32.2. The molecule has 12 heteroatoms. The van der Waals surface area contributed by atoms with E-state index in [-0.39, 0.29) is 24.4 Å². The fourth-order valence-electron chi connectivity index (χ4n) is 6.59. The first kappa shape index (κ1) is 32.2. The largest absolute Gasteiger partial charge is 0.416 e. The van der Waals surface area contributed by atoms with Crippen LogP contribution in [0.3, 0.4) is 0 Å². The molecule has 0 saturated carbocycles. The van der Waals surface area contributed by atoms with Gasteiger partial charge in [0.2, 0.25) is 0 Å². The SMILES string of the molecule is CSc1cccc(CN2CCC3(CC2)OCc2c3c(=O)n(C[C@H](N)c3ccccc3)c(=O)n2Cc2c(F)cccc2C(F)(F)F)c1. The molecule has 1 atom stereocenters. The van der Waals surface area contributed by atoms with Gasteiger partial charge in [-0.15, -0.1) is 11.8 Å². The summed E-state index contributed by atoms with van der Waals surface area (Å²) in [5.74, 6) is -1.10. The molecule has 242 valence electrons. The molecular weight excluding hydrogens is 620 g/mol. The van der Waals surface area contributed by atoms with E-state index in [4.69, 9.17) is 10.5 Å². The van der Waals surface area contributed by atoms with Gasteiger partial charge in [-0.2, -0.15) is 13.2 Å². The number of fused-ring (bicyclic) bond motifs is 2. The van der Waals surface area contributed by atoms with Gasteiger partial charge in [0.05, 0.1) is 36.5 Å². The van der Waals surface area contributed by atoms with Crippen LogP contribution in [0.15, 0.2) is 87.3 Å². The number of piperidine rings is 1. The van der Waals surface area contributed by atoms with Crippen LogP contribution >= 0.6 is 11.8 Å². The first-order valence-corrected chi connectivity index (χ1v) is 16.2. The Hall–Kier alpha value is -3.71. The van der Waals surface area contributed by atoms with Crippen LogP contribution in [0.25, 0.3) is 0 Å². The molecule has 4 aromatic rings. The summed E-state index contributed by atoms with van der Waals surface area (Å²) >= 11 is 1.67. The summed E-state index contributed by atoms with van der Waals surface area (Å²) in [6.45, 7) is 0.803. The van der Waals surface area contributed by atoms with Crippen LogP contribution in [0.5, 0.6) is 0 Å². The van der Waals surface area contributed by atoms with Gasteiger partial charge in [-0.25, -0.2) is 9.18 Å². The standard InChI is InChI=1S/C34H34F4N4O3S/c1-46-24-10-5-7-22(17-24)18-40-15-13-33(14-16-40)30-29(21-45-33)41(19-25-26(34(36,37)38)11-6-12-27(25)35)32(44)42(31(30)43)20-28(39)23-8-3-2-4-9-23/h2-12,17,28H,13-16,18-21,39H2,1H3/t28-/m0/s1. The monoisotopic (exact) mass is 654 g/mol. The maximum absolute atomic E-state index is 15.0. The molecule has 0 unspecified atom stereocenters. The Bertz CT molecular complexity index is 1850. The normalized spacial score (nSPS) is 16.9. The van der Waals surface area contributed by atoms with Crippen LogP contribution in [0.2, 0.25) is 0 Å². The van der Waals surface area contributed by atoms with Crippen molar-refractivity contribution in [3.63, 3.8) is 0 Å². The Morgan fingerprint density at radius 1 is 0.957 bits per heavy atom. The van der Waals surface area contributed by atoms with Crippen LogP contribution in [0.1, 0.15) is 52.4 Å². The number of aromatic nitrogens is 2. The van der Waals surface area contributed by atoms with E-state index in [9.17, 15) is 22.8 Å². The molecule has 0 radical (unpaired) electrons. The quantitative estimate of drug-likeness (QED) is 0.195. The van der Waals surface area contributed by atoms with Crippen molar-refractivity contribution in [1.29, 1.82) is 0 Å². The summed E-state index contributed by atoms with van der Waals surface area (Å²) in [6.07, 6.45) is -1.95. The highest BCUT2D eigenvalue weighted by Crippen LogP contribution is 2.43. The molecule has 2 N–H and O–H groups in total. The third-order valence-electron chi connectivity index (χ3n) is 9.03. The zero-order valence-electron chi connectivity index (χ0n) is 25.2. The molecule has 7 nitrogen and oxygen atoms in total. The lowest BCUT2D eigenvalue weighted by Crippen LogP contribution is -2.49. The first-order chi connectivity index (χ1) is 22.0. The van der Waals surface area contributed by atoms with E-state index in [1.54, 1.807) is 36.0 Å². The number of alkyl halides is 3. The highest BCUT2D eigenvalue weighted by molar-refractivity contribution is 7.98. The lowest BCUT2D eigenvalue weighted by molar-refractivity contribution is -0.138. The van der Waals surface area contributed by atoms with Gasteiger partial charge in [0.25, 0.3) is 5.56 Å². The van der Waals surface area contributed by atoms with Crippen molar-refractivity contribution in [2.45, 2.75) is 61.8 Å². The number of likely N-dealkylation sites (tertiary alicyclic amines) is 1. The van der Waals surface area contributed by atoms with Crippen LogP contribution < -0.4 is 17.0 Å². The number of rotatable bonds is 8. The van der Waals surface area contributed by atoms with Crippen molar-refractivity contribution in [3.8, 4) is 0 Å². The average Bonchev–Trinajstić information content (AvgIpc) is 3.41. The smallest absolute Gasteiger partial charge is 0.364 e. The Labute approximate surface area is 267 Å². The molecule has 2 aliphatic heterocycles. The minimum Gasteiger partial charge on any atom is -0.364 e. The Morgan fingerprint density at radius 2 is 1.67 bits per heavy atom. The van der Waals surface area contributed by atoms with Gasteiger partial charge in [0.15, 0.2) is 0 Å². The number of thioether (sulfide) groups is 1. The number of halogens is 4. The van der Waals surface area contributed by atoms with Crippen LogP contribution in [0, 0.1) is 5.82 Å². The van der Waals surface area contributed by atoms with E-state index in [0.29, 0.717) is 38.0 Å². The number of hydrogen-bond acceptors (Lipinski definition) is 6. The Morgan fingerprint density at radius 3 is 2.37 bits per heavy atom. The lowest BCUT2D eigenvalue weighted by Gasteiger charge is -2.39. The maximum atomic E-state index is 15.0. The fourth-order valence-corrected chi connectivity index (χ4v) is 7.08. The van der Waals surface area contributed by atoms with Gasteiger partial charge < -0.3 is 10.5 Å². The lowest BCUT2D eigenvalue weighted by atomic mass is 9.85. The van der Waals surface area contributed by atoms with Gasteiger partial charge in [0.1, 0.15) is 11.4 Å². The van der Waals surface area contributed by atoms with Crippen molar-refractivity contribution < 1.29 is 22.3 Å². The number of ether oxygens (including phenoxy) is 1. The highest BCUT2D eigenvalue weighted by Gasteiger charge is 2.47. The molecule has 0 bridgehead atoms. The molecule has 2 aliphatic rings. The molecule has 1 aromatic heterocycles. The van der Waals surface area contributed by atoms with Crippen molar-refractivity contribution in [2.24, 2.45) is 5.73 Å². The molecule has 1 saturated heterocycles. The zero-order valence-corrected chi connectivity index (χ0v) is 26.0. The van der Waals surface area contributed by atoms with E-state index in [2.05, 4.69) is 23.1 Å². The molecule has 1 spiro atoms. The van der Waals surface area contributed by atoms with Gasteiger partial charge in [-0.3, -0.25) is 18.8 Å². The van der Waals surface area contributed by atoms with Crippen molar-refractivity contribution in [3.05, 3.63) is 133 Å². The van der Waals surface area contributed by atoms with Crippen LogP contribution in [-0.4, -0.2) is 33.4 Å². The number of hydrogen-bond donors (Lipinski definition) is 1. The topological polar surface area (TPSA) is 82.5 Å². The minimum absolute atomic E-state index is 0.156. The van der Waals surface area contributed by atoms with Gasteiger partial charge in [-0.1, -0.05) is 48.5 Å². The predicted molar refractivity (Wildman–Crippen MR) is 168 cm³/mol. The Balaban J connectivity index is 1.40. The van der Waals surface area contributed by atoms with Gasteiger partial charge in [0, 0.05) is 36.1 Å².